The van der Waals surface area contributed by atoms with Gasteiger partial charge in [-0.3, -0.25) is 4.79 Å². The Hall–Kier alpha value is -1.43. The van der Waals surface area contributed by atoms with Gasteiger partial charge in [0.2, 0.25) is 0 Å². The Bertz CT molecular complexity index is 742. The summed E-state index contributed by atoms with van der Waals surface area (Å²) in [5.41, 5.74) is 0.895. The van der Waals surface area contributed by atoms with Gasteiger partial charge in [-0.05, 0) is 35.4 Å². The van der Waals surface area contributed by atoms with E-state index in [0.29, 0.717) is 21.2 Å². The van der Waals surface area contributed by atoms with E-state index in [1.54, 1.807) is 48.5 Å². The summed E-state index contributed by atoms with van der Waals surface area (Å²) in [6.45, 7) is -1.31. The molecule has 122 valence electrons. The standard InChI is InChI=1S/C16H13Cl2FO3S/c17-13-5-1-11(2-6-13)16(12-3-7-14(18)8-4-12)23(21,22)10-15(20)9-19/h1-8,16H,9-10H2. The lowest BCUT2D eigenvalue weighted by molar-refractivity contribution is -0.117. The zero-order valence-electron chi connectivity index (χ0n) is 11.9. The number of carbonyl (C=O) groups is 1. The molecule has 2 aromatic rings. The van der Waals surface area contributed by atoms with Gasteiger partial charge in [-0.25, -0.2) is 12.8 Å². The quantitative estimate of drug-likeness (QED) is 0.766. The number of sulfone groups is 1. The lowest BCUT2D eigenvalue weighted by Gasteiger charge is -2.18. The van der Waals surface area contributed by atoms with Crippen LogP contribution in [0.4, 0.5) is 4.39 Å². The van der Waals surface area contributed by atoms with Crippen LogP contribution in [0, 0.1) is 0 Å². The molecule has 0 aliphatic carbocycles. The molecular formula is C16H13Cl2FO3S. The molecule has 0 aliphatic rings. The predicted octanol–water partition coefficient (Wildman–Crippen LogP) is 4.04. The maximum Gasteiger partial charge on any atom is 0.178 e. The Morgan fingerprint density at radius 1 is 0.913 bits per heavy atom. The van der Waals surface area contributed by atoms with Crippen LogP contribution in [0.5, 0.6) is 0 Å². The van der Waals surface area contributed by atoms with E-state index in [0.717, 1.165) is 0 Å². The maximum atomic E-state index is 12.6. The molecule has 0 heterocycles. The molecule has 0 spiro atoms. The predicted molar refractivity (Wildman–Crippen MR) is 89.5 cm³/mol. The molecule has 2 rings (SSSR count). The van der Waals surface area contributed by atoms with Gasteiger partial charge in [0.1, 0.15) is 17.7 Å². The van der Waals surface area contributed by atoms with Gasteiger partial charge in [-0.2, -0.15) is 0 Å². The summed E-state index contributed by atoms with van der Waals surface area (Å²) < 4.78 is 37.7. The number of hydrogen-bond donors (Lipinski definition) is 0. The third-order valence-corrected chi connectivity index (χ3v) is 5.71. The lowest BCUT2D eigenvalue weighted by Crippen LogP contribution is -2.24. The van der Waals surface area contributed by atoms with Crippen LogP contribution in [-0.2, 0) is 14.6 Å². The lowest BCUT2D eigenvalue weighted by atomic mass is 10.0. The van der Waals surface area contributed by atoms with Gasteiger partial charge >= 0.3 is 0 Å². The number of ketones is 1. The van der Waals surface area contributed by atoms with Crippen LogP contribution < -0.4 is 0 Å². The van der Waals surface area contributed by atoms with Crippen molar-refractivity contribution in [3.63, 3.8) is 0 Å². The monoisotopic (exact) mass is 374 g/mol. The van der Waals surface area contributed by atoms with E-state index in [4.69, 9.17) is 23.2 Å². The van der Waals surface area contributed by atoms with Crippen molar-refractivity contribution in [2.75, 3.05) is 12.4 Å². The molecule has 0 fully saturated rings. The fourth-order valence-electron chi connectivity index (χ4n) is 2.23. The highest BCUT2D eigenvalue weighted by molar-refractivity contribution is 7.92. The molecule has 0 unspecified atom stereocenters. The summed E-state index contributed by atoms with van der Waals surface area (Å²) in [7, 11) is -3.94. The molecule has 0 radical (unpaired) electrons. The molecular weight excluding hydrogens is 362 g/mol. The van der Waals surface area contributed by atoms with Gasteiger partial charge in [0.15, 0.2) is 15.6 Å². The second-order valence-corrected chi connectivity index (χ2v) is 7.92. The number of halogens is 3. The molecule has 2 aromatic carbocycles. The van der Waals surface area contributed by atoms with Crippen molar-refractivity contribution in [3.8, 4) is 0 Å². The molecule has 0 amide bonds. The van der Waals surface area contributed by atoms with Crippen molar-refractivity contribution in [1.29, 1.82) is 0 Å². The van der Waals surface area contributed by atoms with Crippen molar-refractivity contribution in [1.82, 2.24) is 0 Å². The second kappa shape index (κ2) is 7.43. The first-order valence-electron chi connectivity index (χ1n) is 6.63. The fraction of sp³-hybridized carbons (Fsp3) is 0.188. The Morgan fingerprint density at radius 3 is 1.65 bits per heavy atom. The van der Waals surface area contributed by atoms with Crippen LogP contribution in [0.1, 0.15) is 16.4 Å². The first-order chi connectivity index (χ1) is 10.8. The molecule has 0 saturated carbocycles. The first-order valence-corrected chi connectivity index (χ1v) is 9.11. The van der Waals surface area contributed by atoms with Gasteiger partial charge in [0.25, 0.3) is 0 Å². The minimum atomic E-state index is -3.94. The molecule has 7 heteroatoms. The zero-order valence-corrected chi connectivity index (χ0v) is 14.2. The molecule has 0 N–H and O–H groups in total. The largest absolute Gasteiger partial charge is 0.296 e. The number of alkyl halides is 1. The third kappa shape index (κ3) is 4.53. The van der Waals surface area contributed by atoms with Gasteiger partial charge in [-0.15, -0.1) is 0 Å². The van der Waals surface area contributed by atoms with Crippen molar-refractivity contribution >= 4 is 38.8 Å². The summed E-state index contributed by atoms with van der Waals surface area (Å²) in [5, 5.41) is -0.172. The van der Waals surface area contributed by atoms with Gasteiger partial charge in [-0.1, -0.05) is 47.5 Å². The van der Waals surface area contributed by atoms with Gasteiger partial charge in [0.05, 0.1) is 0 Å². The SMILES string of the molecule is O=C(CF)CS(=O)(=O)C(c1ccc(Cl)cc1)c1ccc(Cl)cc1. The van der Waals surface area contributed by atoms with E-state index < -0.39 is 33.3 Å². The van der Waals surface area contributed by atoms with Crippen LogP contribution in [0.2, 0.25) is 10.0 Å². The zero-order chi connectivity index (χ0) is 17.0. The molecule has 23 heavy (non-hydrogen) atoms. The number of rotatable bonds is 6. The highest BCUT2D eigenvalue weighted by atomic mass is 35.5. The molecule has 0 bridgehead atoms. The smallest absolute Gasteiger partial charge is 0.178 e. The minimum Gasteiger partial charge on any atom is -0.296 e. The Morgan fingerprint density at radius 2 is 1.30 bits per heavy atom. The second-order valence-electron chi connectivity index (χ2n) is 4.96. The minimum absolute atomic E-state index is 0.448. The molecule has 3 nitrogen and oxygen atoms in total. The van der Waals surface area contributed by atoms with Gasteiger partial charge < -0.3 is 0 Å². The first kappa shape index (κ1) is 17.9. The summed E-state index contributed by atoms with van der Waals surface area (Å²) in [6, 6.07) is 12.5. The van der Waals surface area contributed by atoms with Crippen molar-refractivity contribution in [2.45, 2.75) is 5.25 Å². The van der Waals surface area contributed by atoms with E-state index in [1.165, 1.54) is 0 Å². The summed E-state index contributed by atoms with van der Waals surface area (Å²) in [5.74, 6) is -1.84. The molecule has 0 atom stereocenters. The fourth-order valence-corrected chi connectivity index (χ4v) is 4.32. The topological polar surface area (TPSA) is 51.2 Å². The normalized spacial score (nSPS) is 11.7. The number of benzene rings is 2. The summed E-state index contributed by atoms with van der Waals surface area (Å²) in [4.78, 5) is 11.3. The number of Topliss-reactive ketones (excluding diaryl/α,β-unsaturated/α-hetero) is 1. The molecule has 0 saturated heterocycles. The van der Waals surface area contributed by atoms with E-state index in [-0.39, 0.29) is 0 Å². The van der Waals surface area contributed by atoms with E-state index in [1.807, 2.05) is 0 Å². The van der Waals surface area contributed by atoms with Crippen LogP contribution in [-0.4, -0.2) is 26.6 Å². The number of hydrogen-bond acceptors (Lipinski definition) is 3. The number of carbonyl (C=O) groups excluding carboxylic acids is 1. The van der Waals surface area contributed by atoms with Gasteiger partial charge in [0, 0.05) is 10.0 Å². The van der Waals surface area contributed by atoms with Crippen molar-refractivity contribution in [3.05, 3.63) is 69.7 Å². The average Bonchev–Trinajstić information content (AvgIpc) is 2.50. The van der Waals surface area contributed by atoms with E-state index in [9.17, 15) is 17.6 Å². The average molecular weight is 375 g/mol. The summed E-state index contributed by atoms with van der Waals surface area (Å²) >= 11 is 11.7. The Kier molecular flexibility index (Phi) is 5.79. The summed E-state index contributed by atoms with van der Waals surface area (Å²) in [6.07, 6.45) is 0. The molecule has 0 aromatic heterocycles. The van der Waals surface area contributed by atoms with Crippen LogP contribution in [0.3, 0.4) is 0 Å². The Balaban J connectivity index is 2.53. The van der Waals surface area contributed by atoms with Crippen LogP contribution >= 0.6 is 23.2 Å². The van der Waals surface area contributed by atoms with Crippen LogP contribution in [0.25, 0.3) is 0 Å². The third-order valence-electron chi connectivity index (χ3n) is 3.22. The highest BCUT2D eigenvalue weighted by Crippen LogP contribution is 2.32. The van der Waals surface area contributed by atoms with E-state index in [2.05, 4.69) is 0 Å². The van der Waals surface area contributed by atoms with Crippen LogP contribution in [0.15, 0.2) is 48.5 Å². The van der Waals surface area contributed by atoms with E-state index >= 15 is 0 Å². The maximum absolute atomic E-state index is 12.6. The molecule has 0 aliphatic heterocycles. The Labute approximate surface area is 144 Å². The highest BCUT2D eigenvalue weighted by Gasteiger charge is 2.31. The van der Waals surface area contributed by atoms with Crippen molar-refractivity contribution in [2.24, 2.45) is 0 Å². The van der Waals surface area contributed by atoms with Crippen molar-refractivity contribution < 1.29 is 17.6 Å².